The molecule has 1 aromatic heterocycles. The van der Waals surface area contributed by atoms with Gasteiger partial charge in [-0.3, -0.25) is 4.79 Å². The van der Waals surface area contributed by atoms with Crippen molar-refractivity contribution in [3.05, 3.63) is 70.1 Å². The maximum atomic E-state index is 11.8. The molecule has 2 aromatic rings. The third-order valence-corrected chi connectivity index (χ3v) is 3.33. The van der Waals surface area contributed by atoms with Crippen molar-refractivity contribution in [3.8, 4) is 0 Å². The third-order valence-electron chi connectivity index (χ3n) is 3.09. The number of esters is 1. The monoisotopic (exact) mass is 334 g/mol. The van der Waals surface area contributed by atoms with Gasteiger partial charge >= 0.3 is 11.7 Å². The second-order valence-corrected chi connectivity index (χ2v) is 5.27. The van der Waals surface area contributed by atoms with E-state index < -0.39 is 18.5 Å². The number of hydrogen-bond donors (Lipinski definition) is 1. The first-order chi connectivity index (χ1) is 11.0. The van der Waals surface area contributed by atoms with Crippen LogP contribution >= 0.6 is 11.6 Å². The summed E-state index contributed by atoms with van der Waals surface area (Å²) in [7, 11) is 0. The molecule has 0 unspecified atom stereocenters. The first kappa shape index (κ1) is 16.8. The number of nitrogens with one attached hydrogen (secondary N) is 1. The first-order valence-corrected chi connectivity index (χ1v) is 7.25. The number of benzene rings is 1. The summed E-state index contributed by atoms with van der Waals surface area (Å²) >= 11 is 5.90. The summed E-state index contributed by atoms with van der Waals surface area (Å²) in [6.07, 6.45) is 1.18. The van der Waals surface area contributed by atoms with Gasteiger partial charge in [0.25, 0.3) is 5.91 Å². The van der Waals surface area contributed by atoms with Crippen LogP contribution in [0.25, 0.3) is 0 Å². The van der Waals surface area contributed by atoms with Gasteiger partial charge in [0.1, 0.15) is 0 Å². The molecule has 0 saturated carbocycles. The molecular formula is C16H15ClN2O4. The van der Waals surface area contributed by atoms with Crippen molar-refractivity contribution in [1.29, 1.82) is 0 Å². The van der Waals surface area contributed by atoms with Crippen LogP contribution in [-0.4, -0.2) is 18.5 Å². The van der Waals surface area contributed by atoms with Crippen molar-refractivity contribution in [3.63, 3.8) is 0 Å². The number of ether oxygens (including phenoxy) is 1. The zero-order valence-corrected chi connectivity index (χ0v) is 13.1. The molecule has 1 amide bonds. The molecule has 1 atom stereocenters. The van der Waals surface area contributed by atoms with Crippen molar-refractivity contribution in [2.24, 2.45) is 0 Å². The lowest BCUT2D eigenvalue weighted by molar-refractivity contribution is -0.608. The van der Waals surface area contributed by atoms with Gasteiger partial charge < -0.3 is 15.3 Å². The summed E-state index contributed by atoms with van der Waals surface area (Å²) in [6.45, 7) is 1.31. The minimum atomic E-state index is -0.855. The zero-order chi connectivity index (χ0) is 16.8. The number of carbonyl (C=O) groups is 2. The van der Waals surface area contributed by atoms with Crippen molar-refractivity contribution < 1.29 is 19.1 Å². The van der Waals surface area contributed by atoms with Crippen LogP contribution in [0.4, 0.5) is 0 Å². The molecule has 2 rings (SSSR count). The highest BCUT2D eigenvalue weighted by atomic mass is 35.5. The Morgan fingerprint density at radius 1 is 1.30 bits per heavy atom. The Labute approximate surface area is 138 Å². The predicted molar refractivity (Wildman–Crippen MR) is 83.7 cm³/mol. The van der Waals surface area contributed by atoms with Crippen molar-refractivity contribution in [1.82, 2.24) is 5.32 Å². The molecule has 120 valence electrons. The average Bonchev–Trinajstić information content (AvgIpc) is 2.53. The lowest BCUT2D eigenvalue weighted by Gasteiger charge is -2.14. The highest BCUT2D eigenvalue weighted by Crippen LogP contribution is 2.17. The van der Waals surface area contributed by atoms with Gasteiger partial charge in [-0.1, -0.05) is 23.7 Å². The largest absolute Gasteiger partial charge is 0.618 e. The molecule has 1 aromatic carbocycles. The molecule has 0 bridgehead atoms. The van der Waals surface area contributed by atoms with E-state index in [1.165, 1.54) is 24.4 Å². The molecule has 0 saturated heterocycles. The summed E-state index contributed by atoms with van der Waals surface area (Å²) in [5, 5.41) is 14.7. The van der Waals surface area contributed by atoms with Gasteiger partial charge in [0.05, 0.1) is 6.04 Å². The highest BCUT2D eigenvalue weighted by molar-refractivity contribution is 6.30. The Morgan fingerprint density at radius 3 is 2.78 bits per heavy atom. The van der Waals surface area contributed by atoms with Crippen LogP contribution < -0.4 is 10.0 Å². The van der Waals surface area contributed by atoms with E-state index in [1.807, 2.05) is 6.07 Å². The summed E-state index contributed by atoms with van der Waals surface area (Å²) in [5.74, 6) is -1.33. The fourth-order valence-electron chi connectivity index (χ4n) is 1.93. The maximum Gasteiger partial charge on any atom is 0.405 e. The molecule has 0 radical (unpaired) electrons. The second-order valence-electron chi connectivity index (χ2n) is 4.83. The SMILES string of the molecule is C[C@H](NC(=O)COC(=O)c1cccc[n+]1[O-])c1cccc(Cl)c1. The van der Waals surface area contributed by atoms with Gasteiger partial charge in [0.15, 0.2) is 12.8 Å². The highest BCUT2D eigenvalue weighted by Gasteiger charge is 2.18. The Kier molecular flexibility index (Phi) is 5.54. The molecule has 0 spiro atoms. The summed E-state index contributed by atoms with van der Waals surface area (Å²) in [4.78, 5) is 23.6. The first-order valence-electron chi connectivity index (χ1n) is 6.87. The third kappa shape index (κ3) is 4.69. The van der Waals surface area contributed by atoms with Crippen LogP contribution in [0, 0.1) is 5.21 Å². The average molecular weight is 335 g/mol. The molecule has 7 heteroatoms. The van der Waals surface area contributed by atoms with Gasteiger partial charge in [-0.05, 0) is 30.7 Å². The Morgan fingerprint density at radius 2 is 2.09 bits per heavy atom. The standard InChI is InChI=1S/C16H15ClN2O4/c1-11(12-5-4-6-13(17)9-12)18-15(20)10-23-16(21)14-7-2-3-8-19(14)22/h2-9,11H,10H2,1H3,(H,18,20)/t11-/m0/s1. The number of aromatic nitrogens is 1. The van der Waals surface area contributed by atoms with Gasteiger partial charge in [-0.15, -0.1) is 0 Å². The van der Waals surface area contributed by atoms with Crippen LogP contribution in [0.3, 0.4) is 0 Å². The topological polar surface area (TPSA) is 82.3 Å². The Balaban J connectivity index is 1.88. The van der Waals surface area contributed by atoms with E-state index in [0.717, 1.165) is 5.56 Å². The molecule has 0 aliphatic rings. The number of halogens is 1. The number of hydrogen-bond acceptors (Lipinski definition) is 4. The summed E-state index contributed by atoms with van der Waals surface area (Å²) in [6, 6.07) is 11.1. The van der Waals surface area contributed by atoms with Gasteiger partial charge in [0, 0.05) is 17.2 Å². The lowest BCUT2D eigenvalue weighted by Crippen LogP contribution is -2.36. The van der Waals surface area contributed by atoms with E-state index in [2.05, 4.69) is 5.32 Å². The number of amides is 1. The minimum Gasteiger partial charge on any atom is -0.618 e. The van der Waals surface area contributed by atoms with E-state index in [4.69, 9.17) is 16.3 Å². The second kappa shape index (κ2) is 7.60. The predicted octanol–water partition coefficient (Wildman–Crippen LogP) is 2.01. The minimum absolute atomic E-state index is 0.178. The van der Waals surface area contributed by atoms with Crippen molar-refractivity contribution >= 4 is 23.5 Å². The van der Waals surface area contributed by atoms with Crippen LogP contribution in [-0.2, 0) is 9.53 Å². The smallest absolute Gasteiger partial charge is 0.405 e. The normalized spacial score (nSPS) is 11.6. The van der Waals surface area contributed by atoms with E-state index >= 15 is 0 Å². The number of carbonyl (C=O) groups excluding carboxylic acids is 2. The molecule has 0 fully saturated rings. The molecule has 1 N–H and O–H groups in total. The van der Waals surface area contributed by atoms with Crippen LogP contribution in [0.2, 0.25) is 5.02 Å². The summed E-state index contributed by atoms with van der Waals surface area (Å²) < 4.78 is 5.22. The molecule has 1 heterocycles. The van der Waals surface area contributed by atoms with E-state index in [1.54, 1.807) is 25.1 Å². The van der Waals surface area contributed by atoms with E-state index in [9.17, 15) is 14.8 Å². The summed E-state index contributed by atoms with van der Waals surface area (Å²) in [5.41, 5.74) is 0.654. The van der Waals surface area contributed by atoms with Crippen LogP contribution in [0.1, 0.15) is 29.0 Å². The fourth-order valence-corrected chi connectivity index (χ4v) is 2.13. The molecule has 0 aliphatic carbocycles. The molecule has 0 aliphatic heterocycles. The molecule has 6 nitrogen and oxygen atoms in total. The van der Waals surface area contributed by atoms with Crippen LogP contribution in [0.15, 0.2) is 48.7 Å². The van der Waals surface area contributed by atoms with E-state index in [-0.39, 0.29) is 11.7 Å². The van der Waals surface area contributed by atoms with Gasteiger partial charge in [-0.25, -0.2) is 4.79 Å². The number of pyridine rings is 1. The fraction of sp³-hybridized carbons (Fsp3) is 0.188. The molecule has 23 heavy (non-hydrogen) atoms. The van der Waals surface area contributed by atoms with Gasteiger partial charge in [-0.2, -0.15) is 4.73 Å². The lowest BCUT2D eigenvalue weighted by atomic mass is 10.1. The zero-order valence-electron chi connectivity index (χ0n) is 12.4. The Bertz CT molecular complexity index is 721. The number of nitrogens with zero attached hydrogens (tertiary/aromatic N) is 1. The van der Waals surface area contributed by atoms with Crippen molar-refractivity contribution in [2.45, 2.75) is 13.0 Å². The van der Waals surface area contributed by atoms with Gasteiger partial charge in [0.2, 0.25) is 0 Å². The number of rotatable bonds is 5. The van der Waals surface area contributed by atoms with E-state index in [0.29, 0.717) is 9.75 Å². The molecular weight excluding hydrogens is 320 g/mol. The quantitative estimate of drug-likeness (QED) is 0.515. The maximum absolute atomic E-state index is 11.8. The van der Waals surface area contributed by atoms with Crippen molar-refractivity contribution in [2.75, 3.05) is 6.61 Å². The van der Waals surface area contributed by atoms with Crippen LogP contribution in [0.5, 0.6) is 0 Å². The Hall–Kier alpha value is -2.60.